The molecule has 2 aromatic heterocycles. The lowest BCUT2D eigenvalue weighted by Crippen LogP contribution is -2.25. The molecule has 13 rings (SSSR count). The van der Waals surface area contributed by atoms with Gasteiger partial charge in [0.1, 0.15) is 11.2 Å². The van der Waals surface area contributed by atoms with Gasteiger partial charge in [-0.1, -0.05) is 182 Å². The maximum atomic E-state index is 6.14. The van der Waals surface area contributed by atoms with Crippen molar-refractivity contribution in [2.45, 2.75) is 5.41 Å². The first-order valence-electron chi connectivity index (χ1n) is 21.1. The number of hydrogen-bond acceptors (Lipinski definition) is 4. The van der Waals surface area contributed by atoms with Gasteiger partial charge in [-0.15, -0.1) is 0 Å². The van der Waals surface area contributed by atoms with Crippen molar-refractivity contribution >= 4 is 21.9 Å². The molecule has 0 amide bonds. The van der Waals surface area contributed by atoms with E-state index in [1.54, 1.807) is 0 Å². The predicted molar refractivity (Wildman–Crippen MR) is 251 cm³/mol. The smallest absolute Gasteiger partial charge is 0.164 e. The van der Waals surface area contributed by atoms with Crippen LogP contribution >= 0.6 is 0 Å². The lowest BCUT2D eigenvalue weighted by Gasteiger charge is -2.30. The van der Waals surface area contributed by atoms with Gasteiger partial charge < -0.3 is 4.42 Å². The van der Waals surface area contributed by atoms with Crippen LogP contribution in [0.1, 0.15) is 22.3 Å². The third-order valence-corrected chi connectivity index (χ3v) is 13.0. The van der Waals surface area contributed by atoms with Crippen molar-refractivity contribution in [2.75, 3.05) is 0 Å². The molecule has 0 atom stereocenters. The number of benzene rings is 9. The van der Waals surface area contributed by atoms with Crippen LogP contribution in [0, 0.1) is 0 Å². The van der Waals surface area contributed by atoms with Crippen LogP contribution < -0.4 is 0 Å². The highest BCUT2D eigenvalue weighted by molar-refractivity contribution is 6.06. The van der Waals surface area contributed by atoms with E-state index in [2.05, 4.69) is 182 Å². The zero-order chi connectivity index (χ0) is 40.8. The molecule has 0 aliphatic heterocycles. The summed E-state index contributed by atoms with van der Waals surface area (Å²) in [6.07, 6.45) is 0. The van der Waals surface area contributed by atoms with Crippen LogP contribution in [0.25, 0.3) is 101 Å². The van der Waals surface area contributed by atoms with Crippen molar-refractivity contribution in [3.63, 3.8) is 0 Å². The highest BCUT2D eigenvalue weighted by Crippen LogP contribution is 2.64. The van der Waals surface area contributed by atoms with Crippen molar-refractivity contribution < 1.29 is 4.42 Å². The second-order valence-electron chi connectivity index (χ2n) is 16.3. The Kier molecular flexibility index (Phi) is 7.49. The largest absolute Gasteiger partial charge is 0.456 e. The molecule has 2 heterocycles. The van der Waals surface area contributed by atoms with Crippen molar-refractivity contribution in [3.05, 3.63) is 235 Å². The van der Waals surface area contributed by atoms with E-state index in [0.29, 0.717) is 17.5 Å². The first-order valence-corrected chi connectivity index (χ1v) is 21.1. The van der Waals surface area contributed by atoms with E-state index in [9.17, 15) is 0 Å². The summed E-state index contributed by atoms with van der Waals surface area (Å²) in [5, 5.41) is 2.20. The molecule has 9 aromatic carbocycles. The predicted octanol–water partition coefficient (Wildman–Crippen LogP) is 14.4. The molecular formula is C58H35N3O. The van der Waals surface area contributed by atoms with E-state index in [4.69, 9.17) is 19.4 Å². The van der Waals surface area contributed by atoms with Gasteiger partial charge in [-0.25, -0.2) is 15.0 Å². The molecule has 4 heteroatoms. The van der Waals surface area contributed by atoms with Gasteiger partial charge in [-0.3, -0.25) is 0 Å². The fourth-order valence-corrected chi connectivity index (χ4v) is 10.3. The number of fused-ring (bicyclic) bond motifs is 13. The topological polar surface area (TPSA) is 51.8 Å². The average molecular weight is 790 g/mol. The molecule has 0 unspecified atom stereocenters. The molecule has 2 aliphatic carbocycles. The molecule has 0 radical (unpaired) electrons. The standard InChI is InChI=1S/C58H35N3O/c1-2-15-36(16-3-1)55-59-56(40-19-12-17-37(33-40)38-31-32-53-47(35-38)45-23-7-11-30-52(45)62-53)61-57(60-55)41-20-13-18-39(34-41)42-25-14-29-51-54(42)46-24-6-10-28-50(46)58(51)48-26-8-4-21-43(48)44-22-5-9-27-49(44)58/h1-35H. The molecule has 0 N–H and O–H groups in total. The monoisotopic (exact) mass is 789 g/mol. The van der Waals surface area contributed by atoms with E-state index in [0.717, 1.165) is 55.3 Å². The van der Waals surface area contributed by atoms with E-state index in [-0.39, 0.29) is 0 Å². The summed E-state index contributed by atoms with van der Waals surface area (Å²) in [5.74, 6) is 1.86. The van der Waals surface area contributed by atoms with E-state index in [1.807, 2.05) is 30.3 Å². The molecule has 0 saturated heterocycles. The molecule has 4 nitrogen and oxygen atoms in total. The molecule has 0 saturated carbocycles. The molecule has 11 aromatic rings. The Bertz CT molecular complexity index is 3560. The summed E-state index contributed by atoms with van der Waals surface area (Å²) in [5.41, 5.74) is 19.0. The van der Waals surface area contributed by atoms with Crippen molar-refractivity contribution in [1.82, 2.24) is 15.0 Å². The van der Waals surface area contributed by atoms with Gasteiger partial charge in [-0.05, 0) is 97.1 Å². The lowest BCUT2D eigenvalue weighted by molar-refractivity contribution is 0.669. The van der Waals surface area contributed by atoms with Gasteiger partial charge in [0.05, 0.1) is 5.41 Å². The van der Waals surface area contributed by atoms with Gasteiger partial charge in [0.25, 0.3) is 0 Å². The van der Waals surface area contributed by atoms with Crippen LogP contribution in [0.5, 0.6) is 0 Å². The third-order valence-electron chi connectivity index (χ3n) is 13.0. The number of hydrogen-bond donors (Lipinski definition) is 0. The molecule has 0 bridgehead atoms. The highest BCUT2D eigenvalue weighted by atomic mass is 16.3. The highest BCUT2D eigenvalue weighted by Gasteiger charge is 2.51. The maximum absolute atomic E-state index is 6.14. The quantitative estimate of drug-likeness (QED) is 0.174. The normalized spacial score (nSPS) is 13.0. The Hall–Kier alpha value is -8.21. The Balaban J connectivity index is 0.958. The molecule has 0 fully saturated rings. The summed E-state index contributed by atoms with van der Waals surface area (Å²) in [7, 11) is 0. The van der Waals surface area contributed by atoms with Crippen LogP contribution in [0.15, 0.2) is 217 Å². The minimum Gasteiger partial charge on any atom is -0.456 e. The Morgan fingerprint density at radius 1 is 0.290 bits per heavy atom. The molecule has 2 aliphatic rings. The van der Waals surface area contributed by atoms with Crippen molar-refractivity contribution in [2.24, 2.45) is 0 Å². The minimum atomic E-state index is -0.410. The number of nitrogens with zero attached hydrogens (tertiary/aromatic N) is 3. The van der Waals surface area contributed by atoms with Gasteiger partial charge in [0.15, 0.2) is 17.5 Å². The second-order valence-corrected chi connectivity index (χ2v) is 16.3. The Labute approximate surface area is 358 Å². The summed E-state index contributed by atoms with van der Waals surface area (Å²) >= 11 is 0. The SMILES string of the molecule is c1ccc(-c2nc(-c3cccc(-c4ccc5oc6ccccc6c5c4)c3)nc(-c3cccc(-c4cccc5c4-c4ccccc4C54c5ccccc5-c5ccccc54)c3)n2)cc1. The number of para-hydroxylation sites is 1. The van der Waals surface area contributed by atoms with Crippen molar-refractivity contribution in [1.29, 1.82) is 0 Å². The number of furan rings is 1. The minimum absolute atomic E-state index is 0.410. The van der Waals surface area contributed by atoms with E-state index >= 15 is 0 Å². The average Bonchev–Trinajstić information content (AvgIpc) is 3.98. The zero-order valence-electron chi connectivity index (χ0n) is 33.5. The van der Waals surface area contributed by atoms with Crippen LogP contribution in [0.4, 0.5) is 0 Å². The summed E-state index contributed by atoms with van der Waals surface area (Å²) in [6.45, 7) is 0. The molecule has 1 spiro atoms. The second kappa shape index (κ2) is 13.4. The van der Waals surface area contributed by atoms with Crippen molar-refractivity contribution in [3.8, 4) is 78.7 Å². The van der Waals surface area contributed by atoms with Gasteiger partial charge in [0, 0.05) is 27.5 Å². The lowest BCUT2D eigenvalue weighted by atomic mass is 9.70. The molecular weight excluding hydrogens is 755 g/mol. The number of aromatic nitrogens is 3. The summed E-state index contributed by atoms with van der Waals surface area (Å²) in [4.78, 5) is 15.5. The van der Waals surface area contributed by atoms with Crippen LogP contribution in [-0.4, -0.2) is 15.0 Å². The summed E-state index contributed by atoms with van der Waals surface area (Å²) in [6, 6.07) is 75.7. The van der Waals surface area contributed by atoms with Crippen LogP contribution in [0.3, 0.4) is 0 Å². The van der Waals surface area contributed by atoms with E-state index < -0.39 is 5.41 Å². The van der Waals surface area contributed by atoms with Gasteiger partial charge in [0.2, 0.25) is 0 Å². The molecule has 288 valence electrons. The fraction of sp³-hybridized carbons (Fsp3) is 0.0172. The van der Waals surface area contributed by atoms with E-state index in [1.165, 1.54) is 50.1 Å². The first kappa shape index (κ1) is 34.6. The van der Waals surface area contributed by atoms with Gasteiger partial charge in [-0.2, -0.15) is 0 Å². The third kappa shape index (κ3) is 5.04. The Morgan fingerprint density at radius 2 is 0.758 bits per heavy atom. The fourth-order valence-electron chi connectivity index (χ4n) is 10.3. The van der Waals surface area contributed by atoms with Crippen LogP contribution in [-0.2, 0) is 5.41 Å². The summed E-state index contributed by atoms with van der Waals surface area (Å²) < 4.78 is 6.14. The number of rotatable bonds is 5. The first-order chi connectivity index (χ1) is 30.7. The molecule has 62 heavy (non-hydrogen) atoms. The van der Waals surface area contributed by atoms with Crippen LogP contribution in [0.2, 0.25) is 0 Å². The maximum Gasteiger partial charge on any atom is 0.164 e. The van der Waals surface area contributed by atoms with Gasteiger partial charge >= 0.3 is 0 Å². The Morgan fingerprint density at radius 3 is 1.48 bits per heavy atom. The zero-order valence-corrected chi connectivity index (χ0v) is 33.5.